The van der Waals surface area contributed by atoms with Crippen LogP contribution in [0, 0.1) is 19.8 Å². The average Bonchev–Trinajstić information content (AvgIpc) is 2.88. The van der Waals surface area contributed by atoms with Crippen LogP contribution in [0.5, 0.6) is 0 Å². The number of carbonyl (C=O) groups excluding carboxylic acids is 1. The Morgan fingerprint density at radius 1 is 1.53 bits per heavy atom. The van der Waals surface area contributed by atoms with Gasteiger partial charge >= 0.3 is 0 Å². The van der Waals surface area contributed by atoms with Gasteiger partial charge in [-0.25, -0.2) is 0 Å². The van der Waals surface area contributed by atoms with E-state index in [4.69, 9.17) is 11.6 Å². The van der Waals surface area contributed by atoms with E-state index >= 15 is 0 Å². The van der Waals surface area contributed by atoms with Crippen LogP contribution < -0.4 is 5.32 Å². The van der Waals surface area contributed by atoms with Gasteiger partial charge in [-0.3, -0.25) is 9.48 Å². The number of carbonyl (C=O) groups is 1. The molecule has 1 amide bonds. The molecule has 0 bridgehead atoms. The van der Waals surface area contributed by atoms with Gasteiger partial charge in [-0.15, -0.1) is 0 Å². The predicted molar refractivity (Wildman–Crippen MR) is 75.3 cm³/mol. The molecule has 2 heterocycles. The Balaban J connectivity index is 1.82. The minimum absolute atomic E-state index is 0.00294. The summed E-state index contributed by atoms with van der Waals surface area (Å²) < 4.78 is 1.66. The minimum Gasteiger partial charge on any atom is -0.354 e. The second kappa shape index (κ2) is 5.92. The third-order valence-electron chi connectivity index (χ3n) is 3.66. The Morgan fingerprint density at radius 3 is 2.79 bits per heavy atom. The van der Waals surface area contributed by atoms with E-state index in [2.05, 4.69) is 22.4 Å². The lowest BCUT2D eigenvalue weighted by molar-refractivity contribution is -0.122. The molecule has 2 rings (SSSR count). The van der Waals surface area contributed by atoms with Gasteiger partial charge in [-0.05, 0) is 39.8 Å². The van der Waals surface area contributed by atoms with E-state index in [1.165, 1.54) is 0 Å². The van der Waals surface area contributed by atoms with Crippen molar-refractivity contribution in [3.8, 4) is 0 Å². The summed E-state index contributed by atoms with van der Waals surface area (Å²) in [6.07, 6.45) is 1.16. The number of likely N-dealkylation sites (tertiary alicyclic amines) is 1. The van der Waals surface area contributed by atoms with Crippen molar-refractivity contribution in [2.75, 3.05) is 26.7 Å². The molecule has 0 saturated carbocycles. The molecule has 1 fully saturated rings. The van der Waals surface area contributed by atoms with Gasteiger partial charge in [0, 0.05) is 13.1 Å². The number of amides is 1. The van der Waals surface area contributed by atoms with Crippen LogP contribution in [0.2, 0.25) is 5.02 Å². The Bertz CT molecular complexity index is 471. The van der Waals surface area contributed by atoms with Crippen LogP contribution in [0.15, 0.2) is 0 Å². The number of rotatable bonds is 4. The predicted octanol–water partition coefficient (Wildman–Crippen LogP) is 1.22. The van der Waals surface area contributed by atoms with Gasteiger partial charge in [0.1, 0.15) is 6.54 Å². The second-order valence-corrected chi connectivity index (χ2v) is 5.74. The SMILES string of the molecule is Cc1nn(CC(=O)NCC2CCN(C)C2)c(C)c1Cl. The molecule has 0 aromatic carbocycles. The van der Waals surface area contributed by atoms with Crippen molar-refractivity contribution in [3.63, 3.8) is 0 Å². The normalized spacial score (nSPS) is 19.9. The zero-order valence-corrected chi connectivity index (χ0v) is 12.5. The molecule has 1 aliphatic rings. The van der Waals surface area contributed by atoms with Gasteiger partial charge in [0.25, 0.3) is 0 Å². The lowest BCUT2D eigenvalue weighted by Gasteiger charge is -2.12. The Labute approximate surface area is 118 Å². The fraction of sp³-hybridized carbons (Fsp3) is 0.692. The number of hydrogen-bond donors (Lipinski definition) is 1. The molecule has 0 spiro atoms. The molecule has 1 aromatic heterocycles. The first-order valence-electron chi connectivity index (χ1n) is 6.62. The molecule has 5 nitrogen and oxygen atoms in total. The van der Waals surface area contributed by atoms with Crippen molar-refractivity contribution >= 4 is 17.5 Å². The van der Waals surface area contributed by atoms with Crippen molar-refractivity contribution in [2.45, 2.75) is 26.8 Å². The van der Waals surface area contributed by atoms with Crippen LogP contribution >= 0.6 is 11.6 Å². The summed E-state index contributed by atoms with van der Waals surface area (Å²) >= 11 is 6.06. The van der Waals surface area contributed by atoms with Gasteiger partial charge in [0.15, 0.2) is 0 Å². The van der Waals surface area contributed by atoms with Gasteiger partial charge in [0.05, 0.1) is 16.4 Å². The minimum atomic E-state index is -0.00294. The third-order valence-corrected chi connectivity index (χ3v) is 4.21. The standard InChI is InChI=1S/C13H21ClN4O/c1-9-13(14)10(2)18(16-9)8-12(19)15-6-11-4-5-17(3)7-11/h11H,4-8H2,1-3H3,(H,15,19). The topological polar surface area (TPSA) is 50.2 Å². The van der Waals surface area contributed by atoms with Crippen molar-refractivity contribution < 1.29 is 4.79 Å². The first-order valence-corrected chi connectivity index (χ1v) is 7.00. The Kier molecular flexibility index (Phi) is 4.47. The fourth-order valence-corrected chi connectivity index (χ4v) is 2.61. The first-order chi connectivity index (χ1) is 8.97. The van der Waals surface area contributed by atoms with Crippen LogP contribution in [0.1, 0.15) is 17.8 Å². The third kappa shape index (κ3) is 3.48. The molecule has 1 saturated heterocycles. The maximum absolute atomic E-state index is 11.9. The monoisotopic (exact) mass is 284 g/mol. The van der Waals surface area contributed by atoms with Gasteiger partial charge < -0.3 is 10.2 Å². The number of halogens is 1. The number of aryl methyl sites for hydroxylation is 1. The number of nitrogens with zero attached hydrogens (tertiary/aromatic N) is 3. The van der Waals surface area contributed by atoms with Crippen molar-refractivity contribution in [1.29, 1.82) is 0 Å². The maximum atomic E-state index is 11.9. The summed E-state index contributed by atoms with van der Waals surface area (Å²) in [5.41, 5.74) is 1.61. The van der Waals surface area contributed by atoms with Crippen molar-refractivity contribution in [1.82, 2.24) is 20.0 Å². The Morgan fingerprint density at radius 2 is 2.26 bits per heavy atom. The second-order valence-electron chi connectivity index (χ2n) is 5.36. The summed E-state index contributed by atoms with van der Waals surface area (Å²) in [7, 11) is 2.11. The highest BCUT2D eigenvalue weighted by Crippen LogP contribution is 2.18. The molecule has 1 aromatic rings. The van der Waals surface area contributed by atoms with E-state index in [0.29, 0.717) is 10.9 Å². The zero-order valence-electron chi connectivity index (χ0n) is 11.7. The zero-order chi connectivity index (χ0) is 14.0. The molecule has 0 radical (unpaired) electrons. The molecule has 1 aliphatic heterocycles. The van der Waals surface area contributed by atoms with Crippen LogP contribution in [-0.2, 0) is 11.3 Å². The van der Waals surface area contributed by atoms with Crippen LogP contribution in [0.25, 0.3) is 0 Å². The summed E-state index contributed by atoms with van der Waals surface area (Å²) in [4.78, 5) is 14.2. The summed E-state index contributed by atoms with van der Waals surface area (Å²) in [5.74, 6) is 0.565. The molecular formula is C13H21ClN4O. The van der Waals surface area contributed by atoms with Gasteiger partial charge in [0.2, 0.25) is 5.91 Å². The summed E-state index contributed by atoms with van der Waals surface area (Å²) in [5, 5.41) is 7.88. The van der Waals surface area contributed by atoms with Gasteiger partial charge in [-0.2, -0.15) is 5.10 Å². The van der Waals surface area contributed by atoms with Crippen LogP contribution in [0.4, 0.5) is 0 Å². The molecule has 0 aliphatic carbocycles. The Hall–Kier alpha value is -1.07. The van der Waals surface area contributed by atoms with E-state index in [-0.39, 0.29) is 12.5 Å². The maximum Gasteiger partial charge on any atom is 0.241 e. The largest absolute Gasteiger partial charge is 0.354 e. The van der Waals surface area contributed by atoms with E-state index in [9.17, 15) is 4.79 Å². The van der Waals surface area contributed by atoms with E-state index < -0.39 is 0 Å². The molecule has 6 heteroatoms. The van der Waals surface area contributed by atoms with Gasteiger partial charge in [-0.1, -0.05) is 11.6 Å². The number of nitrogens with one attached hydrogen (secondary N) is 1. The quantitative estimate of drug-likeness (QED) is 0.904. The van der Waals surface area contributed by atoms with Crippen molar-refractivity contribution in [3.05, 3.63) is 16.4 Å². The summed E-state index contributed by atoms with van der Waals surface area (Å²) in [6, 6.07) is 0. The molecular weight excluding hydrogens is 264 g/mol. The fourth-order valence-electron chi connectivity index (χ4n) is 2.47. The van der Waals surface area contributed by atoms with E-state index in [0.717, 1.165) is 37.4 Å². The van der Waals surface area contributed by atoms with Crippen LogP contribution in [-0.4, -0.2) is 47.3 Å². The molecule has 106 valence electrons. The highest BCUT2D eigenvalue weighted by molar-refractivity contribution is 6.31. The summed E-state index contributed by atoms with van der Waals surface area (Å²) in [6.45, 7) is 6.89. The highest BCUT2D eigenvalue weighted by atomic mass is 35.5. The highest BCUT2D eigenvalue weighted by Gasteiger charge is 2.20. The lowest BCUT2D eigenvalue weighted by Crippen LogP contribution is -2.33. The first kappa shape index (κ1) is 14.3. The molecule has 1 atom stereocenters. The molecule has 1 N–H and O–H groups in total. The molecule has 1 unspecified atom stereocenters. The number of hydrogen-bond acceptors (Lipinski definition) is 3. The van der Waals surface area contributed by atoms with E-state index in [1.807, 2.05) is 13.8 Å². The van der Waals surface area contributed by atoms with Crippen LogP contribution in [0.3, 0.4) is 0 Å². The average molecular weight is 285 g/mol. The van der Waals surface area contributed by atoms with Crippen molar-refractivity contribution in [2.24, 2.45) is 5.92 Å². The number of aromatic nitrogens is 2. The molecule has 19 heavy (non-hydrogen) atoms. The smallest absolute Gasteiger partial charge is 0.241 e. The lowest BCUT2D eigenvalue weighted by atomic mass is 10.1. The van der Waals surface area contributed by atoms with E-state index in [1.54, 1.807) is 4.68 Å².